The first-order chi connectivity index (χ1) is 13.0. The number of nitrogens with zero attached hydrogens (tertiary/aromatic N) is 2. The highest BCUT2D eigenvalue weighted by atomic mass is 16.4. The number of aliphatic carboxylic acids is 1. The zero-order valence-electron chi connectivity index (χ0n) is 14.7. The molecule has 2 atom stereocenters. The van der Waals surface area contributed by atoms with Gasteiger partial charge in [-0.1, -0.05) is 24.3 Å². The number of amides is 2. The van der Waals surface area contributed by atoms with Gasteiger partial charge in [0.05, 0.1) is 18.7 Å². The largest absolute Gasteiger partial charge is 0.479 e. The van der Waals surface area contributed by atoms with Crippen molar-refractivity contribution in [2.75, 3.05) is 13.1 Å². The summed E-state index contributed by atoms with van der Waals surface area (Å²) in [7, 11) is 0. The van der Waals surface area contributed by atoms with E-state index in [0.717, 1.165) is 5.56 Å². The van der Waals surface area contributed by atoms with Gasteiger partial charge in [0.25, 0.3) is 0 Å². The Bertz CT molecular complexity index is 876. The van der Waals surface area contributed by atoms with Gasteiger partial charge >= 0.3 is 5.97 Å². The molecular weight excluding hydrogens is 348 g/mol. The molecule has 7 nitrogen and oxygen atoms in total. The second kappa shape index (κ2) is 6.90. The lowest BCUT2D eigenvalue weighted by Crippen LogP contribution is -2.46. The second-order valence-corrected chi connectivity index (χ2v) is 6.98. The Morgan fingerprint density at radius 3 is 2.74 bits per heavy atom. The van der Waals surface area contributed by atoms with Crippen LogP contribution >= 0.6 is 0 Å². The highest BCUT2D eigenvalue weighted by Gasteiger charge is 2.42. The van der Waals surface area contributed by atoms with Crippen LogP contribution in [-0.4, -0.2) is 45.8 Å². The third-order valence-electron chi connectivity index (χ3n) is 5.29. The number of furan rings is 1. The van der Waals surface area contributed by atoms with E-state index in [0.29, 0.717) is 30.8 Å². The molecule has 1 aromatic heterocycles. The minimum Gasteiger partial charge on any atom is -0.479 e. The SMILES string of the molecule is O=C(O)C1c2ccccc2CCN1C(=O)C1CC(=O)N(Cc2ccco2)C1. The van der Waals surface area contributed by atoms with Gasteiger partial charge in [-0.25, -0.2) is 4.79 Å². The van der Waals surface area contributed by atoms with E-state index in [9.17, 15) is 19.5 Å². The number of benzene rings is 1. The maximum Gasteiger partial charge on any atom is 0.331 e. The maximum absolute atomic E-state index is 13.1. The van der Waals surface area contributed by atoms with Crippen molar-refractivity contribution < 1.29 is 23.9 Å². The standard InChI is InChI=1S/C20H20N2O5/c23-17-10-14(11-21(17)12-15-5-3-9-27-15)19(24)22-8-7-13-4-1-2-6-16(13)18(22)20(25)26/h1-6,9,14,18H,7-8,10-12H2,(H,25,26). The van der Waals surface area contributed by atoms with Crippen molar-refractivity contribution in [1.29, 1.82) is 0 Å². The van der Waals surface area contributed by atoms with Gasteiger partial charge in [-0.2, -0.15) is 0 Å². The summed E-state index contributed by atoms with van der Waals surface area (Å²) in [5.74, 6) is -1.31. The number of carboxylic acid groups (broad SMARTS) is 1. The van der Waals surface area contributed by atoms with Crippen LogP contribution in [0, 0.1) is 5.92 Å². The summed E-state index contributed by atoms with van der Waals surface area (Å²) in [5, 5.41) is 9.74. The molecule has 140 valence electrons. The minimum atomic E-state index is -1.05. The maximum atomic E-state index is 13.1. The minimum absolute atomic E-state index is 0.101. The monoisotopic (exact) mass is 368 g/mol. The van der Waals surface area contributed by atoms with Gasteiger partial charge < -0.3 is 19.3 Å². The van der Waals surface area contributed by atoms with E-state index in [4.69, 9.17) is 4.42 Å². The molecule has 27 heavy (non-hydrogen) atoms. The summed E-state index contributed by atoms with van der Waals surface area (Å²) in [5.41, 5.74) is 1.61. The molecule has 0 spiro atoms. The molecule has 0 radical (unpaired) electrons. The molecule has 1 N–H and O–H groups in total. The predicted octanol–water partition coefficient (Wildman–Crippen LogP) is 1.84. The fourth-order valence-corrected chi connectivity index (χ4v) is 3.99. The number of carboxylic acids is 1. The fourth-order valence-electron chi connectivity index (χ4n) is 3.99. The third-order valence-corrected chi connectivity index (χ3v) is 5.29. The number of likely N-dealkylation sites (tertiary alicyclic amines) is 1. The average molecular weight is 368 g/mol. The average Bonchev–Trinajstić information content (AvgIpc) is 3.30. The Labute approximate surface area is 156 Å². The molecule has 0 bridgehead atoms. The first kappa shape index (κ1) is 17.3. The van der Waals surface area contributed by atoms with Crippen LogP contribution in [0.5, 0.6) is 0 Å². The lowest BCUT2D eigenvalue weighted by Gasteiger charge is -2.36. The van der Waals surface area contributed by atoms with Crippen LogP contribution < -0.4 is 0 Å². The van der Waals surface area contributed by atoms with Gasteiger partial charge in [-0.3, -0.25) is 9.59 Å². The van der Waals surface area contributed by atoms with E-state index in [-0.39, 0.29) is 24.8 Å². The van der Waals surface area contributed by atoms with E-state index < -0.39 is 17.9 Å². The van der Waals surface area contributed by atoms with Crippen molar-refractivity contribution in [3.05, 3.63) is 59.5 Å². The van der Waals surface area contributed by atoms with Crippen LogP contribution in [-0.2, 0) is 27.3 Å². The summed E-state index contributed by atoms with van der Waals surface area (Å²) in [6.07, 6.45) is 2.26. The molecule has 0 aliphatic carbocycles. The Kier molecular flexibility index (Phi) is 4.43. The number of carbonyl (C=O) groups excluding carboxylic acids is 2. The summed E-state index contributed by atoms with van der Waals surface area (Å²) < 4.78 is 5.28. The molecule has 7 heteroatoms. The van der Waals surface area contributed by atoms with Gasteiger partial charge in [-0.05, 0) is 29.7 Å². The van der Waals surface area contributed by atoms with Crippen molar-refractivity contribution in [2.45, 2.75) is 25.4 Å². The smallest absolute Gasteiger partial charge is 0.331 e. The van der Waals surface area contributed by atoms with Crippen LogP contribution in [0.2, 0.25) is 0 Å². The number of carbonyl (C=O) groups is 3. The van der Waals surface area contributed by atoms with Gasteiger partial charge in [0.15, 0.2) is 6.04 Å². The molecular formula is C20H20N2O5. The van der Waals surface area contributed by atoms with Gasteiger partial charge in [-0.15, -0.1) is 0 Å². The summed E-state index contributed by atoms with van der Waals surface area (Å²) in [4.78, 5) is 40.3. The molecule has 4 rings (SSSR count). The van der Waals surface area contributed by atoms with Crippen LogP contribution in [0.4, 0.5) is 0 Å². The number of fused-ring (bicyclic) bond motifs is 1. The zero-order valence-corrected chi connectivity index (χ0v) is 14.7. The topological polar surface area (TPSA) is 91.1 Å². The summed E-state index contributed by atoms with van der Waals surface area (Å²) in [6.45, 7) is 0.944. The lowest BCUT2D eigenvalue weighted by atomic mass is 9.91. The molecule has 1 saturated heterocycles. The van der Waals surface area contributed by atoms with Gasteiger partial charge in [0, 0.05) is 19.5 Å². The first-order valence-corrected chi connectivity index (χ1v) is 8.96. The molecule has 2 aliphatic heterocycles. The van der Waals surface area contributed by atoms with E-state index in [1.54, 1.807) is 35.4 Å². The second-order valence-electron chi connectivity index (χ2n) is 6.98. The van der Waals surface area contributed by atoms with Crippen LogP contribution in [0.3, 0.4) is 0 Å². The van der Waals surface area contributed by atoms with Gasteiger partial charge in [0.2, 0.25) is 11.8 Å². The predicted molar refractivity (Wildman–Crippen MR) is 94.5 cm³/mol. The number of rotatable bonds is 4. The molecule has 2 unspecified atom stereocenters. The van der Waals surface area contributed by atoms with Crippen molar-refractivity contribution in [3.63, 3.8) is 0 Å². The van der Waals surface area contributed by atoms with Crippen molar-refractivity contribution in [3.8, 4) is 0 Å². The van der Waals surface area contributed by atoms with Crippen molar-refractivity contribution >= 4 is 17.8 Å². The molecule has 1 fully saturated rings. The van der Waals surface area contributed by atoms with Crippen LogP contribution in [0.15, 0.2) is 47.1 Å². The highest BCUT2D eigenvalue weighted by Crippen LogP contribution is 2.33. The van der Waals surface area contributed by atoms with Crippen LogP contribution in [0.25, 0.3) is 0 Å². The summed E-state index contributed by atoms with van der Waals surface area (Å²) in [6, 6.07) is 9.85. The quantitative estimate of drug-likeness (QED) is 0.889. The van der Waals surface area contributed by atoms with Gasteiger partial charge in [0.1, 0.15) is 5.76 Å². The normalized spacial score (nSPS) is 22.0. The Hall–Kier alpha value is -3.09. The van der Waals surface area contributed by atoms with E-state index >= 15 is 0 Å². The molecule has 3 heterocycles. The van der Waals surface area contributed by atoms with E-state index in [2.05, 4.69) is 0 Å². The Morgan fingerprint density at radius 2 is 2.00 bits per heavy atom. The van der Waals surface area contributed by atoms with E-state index in [1.807, 2.05) is 12.1 Å². The van der Waals surface area contributed by atoms with Crippen molar-refractivity contribution in [2.24, 2.45) is 5.92 Å². The molecule has 1 aromatic carbocycles. The summed E-state index contributed by atoms with van der Waals surface area (Å²) >= 11 is 0. The van der Waals surface area contributed by atoms with E-state index in [1.165, 1.54) is 4.90 Å². The van der Waals surface area contributed by atoms with Crippen molar-refractivity contribution in [1.82, 2.24) is 9.80 Å². The molecule has 2 aromatic rings. The lowest BCUT2D eigenvalue weighted by molar-refractivity contribution is -0.153. The highest BCUT2D eigenvalue weighted by molar-refractivity contribution is 5.92. The Morgan fingerprint density at radius 1 is 1.19 bits per heavy atom. The molecule has 0 saturated carbocycles. The number of hydrogen-bond acceptors (Lipinski definition) is 4. The first-order valence-electron chi connectivity index (χ1n) is 8.96. The van der Waals surface area contributed by atoms with Crippen LogP contribution in [0.1, 0.15) is 29.3 Å². The molecule has 2 amide bonds. The number of hydrogen-bond donors (Lipinski definition) is 1. The third kappa shape index (κ3) is 3.20. The fraction of sp³-hybridized carbons (Fsp3) is 0.350. The molecule has 2 aliphatic rings. The Balaban J connectivity index is 1.52. The zero-order chi connectivity index (χ0) is 19.0.